The van der Waals surface area contributed by atoms with Crippen LogP contribution in [0.4, 0.5) is 11.4 Å². The van der Waals surface area contributed by atoms with Gasteiger partial charge in [-0.25, -0.2) is 0 Å². The minimum absolute atomic E-state index is 0.00721. The van der Waals surface area contributed by atoms with Gasteiger partial charge >= 0.3 is 0 Å². The van der Waals surface area contributed by atoms with Gasteiger partial charge in [-0.1, -0.05) is 59.3 Å². The van der Waals surface area contributed by atoms with Gasteiger partial charge in [0, 0.05) is 54.4 Å². The summed E-state index contributed by atoms with van der Waals surface area (Å²) in [5.74, 6) is -0.0728. The molecule has 2 aliphatic rings. The van der Waals surface area contributed by atoms with E-state index in [1.165, 1.54) is 17.3 Å². The number of carbonyl (C=O) groups excluding carboxylic acids is 2. The molecule has 3 aromatic carbocycles. The second kappa shape index (κ2) is 10.0. The molecule has 1 fully saturated rings. The van der Waals surface area contributed by atoms with E-state index < -0.39 is 0 Å². The van der Waals surface area contributed by atoms with Crippen LogP contribution in [0.25, 0.3) is 6.08 Å². The second-order valence-electron chi connectivity index (χ2n) is 9.28. The van der Waals surface area contributed by atoms with Gasteiger partial charge in [0.15, 0.2) is 0 Å². The first-order valence-corrected chi connectivity index (χ1v) is 13.2. The Morgan fingerprint density at radius 2 is 1.72 bits per heavy atom. The number of benzene rings is 3. The molecule has 2 heterocycles. The molecule has 2 amide bonds. The standard InChI is InChI=1S/C29H28ClN3O2S/c1-19-5-4-6-21(15-19)16-27-29(35)31(3)25-17-22(8-10-26(25)36-27)28(34)33-13-11-32(12-14-33)24-18-23(30)9-7-20(24)2/h4-10,15-18H,11-14H2,1-3H3/b27-16-. The molecule has 0 N–H and O–H groups in total. The summed E-state index contributed by atoms with van der Waals surface area (Å²) in [7, 11) is 1.77. The fourth-order valence-electron chi connectivity index (χ4n) is 4.69. The first kappa shape index (κ1) is 24.5. The topological polar surface area (TPSA) is 43.9 Å². The molecule has 0 unspecified atom stereocenters. The first-order chi connectivity index (χ1) is 17.3. The van der Waals surface area contributed by atoms with Crippen LogP contribution in [0.2, 0.25) is 5.02 Å². The number of rotatable bonds is 3. The number of likely N-dealkylation sites (N-methyl/N-ethyl adjacent to an activating group) is 1. The van der Waals surface area contributed by atoms with E-state index in [-0.39, 0.29) is 11.8 Å². The Morgan fingerprint density at radius 3 is 2.47 bits per heavy atom. The van der Waals surface area contributed by atoms with E-state index in [0.717, 1.165) is 45.5 Å². The first-order valence-electron chi connectivity index (χ1n) is 12.0. The molecule has 2 aliphatic heterocycles. The monoisotopic (exact) mass is 517 g/mol. The van der Waals surface area contributed by atoms with Crippen molar-refractivity contribution in [1.29, 1.82) is 0 Å². The maximum Gasteiger partial charge on any atom is 0.264 e. The molecule has 0 radical (unpaired) electrons. The van der Waals surface area contributed by atoms with E-state index >= 15 is 0 Å². The lowest BCUT2D eigenvalue weighted by Gasteiger charge is -2.37. The van der Waals surface area contributed by atoms with Crippen LogP contribution in [-0.2, 0) is 4.79 Å². The van der Waals surface area contributed by atoms with Crippen molar-refractivity contribution in [2.75, 3.05) is 43.0 Å². The van der Waals surface area contributed by atoms with Gasteiger partial charge in [-0.2, -0.15) is 0 Å². The zero-order valence-corrected chi connectivity index (χ0v) is 22.2. The Kier molecular flexibility index (Phi) is 6.82. The molecular formula is C29H28ClN3O2S. The van der Waals surface area contributed by atoms with Gasteiger partial charge < -0.3 is 14.7 Å². The number of anilines is 2. The smallest absolute Gasteiger partial charge is 0.264 e. The summed E-state index contributed by atoms with van der Waals surface area (Å²) in [6.45, 7) is 6.88. The van der Waals surface area contributed by atoms with Crippen molar-refractivity contribution in [3.63, 3.8) is 0 Å². The third-order valence-corrected chi connectivity index (χ3v) is 8.03. The van der Waals surface area contributed by atoms with E-state index in [9.17, 15) is 9.59 Å². The summed E-state index contributed by atoms with van der Waals surface area (Å²) in [6.07, 6.45) is 1.93. The Balaban J connectivity index is 1.31. The normalized spacial score (nSPS) is 16.9. The molecule has 0 aliphatic carbocycles. The van der Waals surface area contributed by atoms with Gasteiger partial charge in [0.2, 0.25) is 0 Å². The number of amides is 2. The summed E-state index contributed by atoms with van der Waals surface area (Å²) < 4.78 is 0. The summed E-state index contributed by atoms with van der Waals surface area (Å²) >= 11 is 7.66. The van der Waals surface area contributed by atoms with Crippen LogP contribution in [-0.4, -0.2) is 49.9 Å². The lowest BCUT2D eigenvalue weighted by Crippen LogP contribution is -2.49. The molecule has 1 saturated heterocycles. The highest BCUT2D eigenvalue weighted by Crippen LogP contribution is 2.42. The molecule has 5 rings (SSSR count). The van der Waals surface area contributed by atoms with Gasteiger partial charge in [-0.15, -0.1) is 0 Å². The predicted molar refractivity (Wildman–Crippen MR) is 149 cm³/mol. The Morgan fingerprint density at radius 1 is 0.944 bits per heavy atom. The number of hydrogen-bond acceptors (Lipinski definition) is 4. The van der Waals surface area contributed by atoms with Crippen LogP contribution in [0.3, 0.4) is 0 Å². The van der Waals surface area contributed by atoms with Crippen molar-refractivity contribution in [2.45, 2.75) is 18.7 Å². The largest absolute Gasteiger partial charge is 0.368 e. The van der Waals surface area contributed by atoms with Gasteiger partial charge in [0.25, 0.3) is 11.8 Å². The fourth-order valence-corrected chi connectivity index (χ4v) is 5.95. The maximum atomic E-state index is 13.3. The van der Waals surface area contributed by atoms with Crippen molar-refractivity contribution >= 4 is 52.6 Å². The molecule has 0 atom stereocenters. The van der Waals surface area contributed by atoms with Crippen LogP contribution in [0, 0.1) is 13.8 Å². The summed E-state index contributed by atoms with van der Waals surface area (Å²) in [6, 6.07) is 19.7. The third-order valence-electron chi connectivity index (χ3n) is 6.72. The predicted octanol–water partition coefficient (Wildman–Crippen LogP) is 6.03. The molecule has 0 aromatic heterocycles. The van der Waals surface area contributed by atoms with Gasteiger partial charge in [0.1, 0.15) is 0 Å². The van der Waals surface area contributed by atoms with Gasteiger partial charge in [-0.05, 0) is 61.4 Å². The van der Waals surface area contributed by atoms with Crippen molar-refractivity contribution in [3.05, 3.63) is 92.8 Å². The lowest BCUT2D eigenvalue weighted by molar-refractivity contribution is -0.114. The number of thioether (sulfide) groups is 1. The minimum atomic E-state index is -0.0656. The average Bonchev–Trinajstić information content (AvgIpc) is 2.88. The Bertz CT molecular complexity index is 1380. The van der Waals surface area contributed by atoms with Gasteiger partial charge in [-0.3, -0.25) is 9.59 Å². The maximum absolute atomic E-state index is 13.3. The molecule has 184 valence electrons. The number of nitrogens with zero attached hydrogens (tertiary/aromatic N) is 3. The summed E-state index contributed by atoms with van der Waals surface area (Å²) in [4.78, 5) is 33.9. The molecule has 0 spiro atoms. The van der Waals surface area contributed by atoms with E-state index in [2.05, 4.69) is 17.9 Å². The number of carbonyl (C=O) groups is 2. The highest BCUT2D eigenvalue weighted by atomic mass is 35.5. The Hall–Kier alpha value is -3.22. The van der Waals surface area contributed by atoms with Crippen LogP contribution in [0.5, 0.6) is 0 Å². The molecule has 0 bridgehead atoms. The van der Waals surface area contributed by atoms with Crippen LogP contribution in [0.15, 0.2) is 70.5 Å². The fraction of sp³-hybridized carbons (Fsp3) is 0.241. The number of aryl methyl sites for hydroxylation is 2. The van der Waals surface area contributed by atoms with Crippen molar-refractivity contribution < 1.29 is 9.59 Å². The van der Waals surface area contributed by atoms with Crippen molar-refractivity contribution in [3.8, 4) is 0 Å². The van der Waals surface area contributed by atoms with Crippen LogP contribution >= 0.6 is 23.4 Å². The van der Waals surface area contributed by atoms with Crippen LogP contribution < -0.4 is 9.80 Å². The molecule has 5 nitrogen and oxygen atoms in total. The highest BCUT2D eigenvalue weighted by molar-refractivity contribution is 8.04. The SMILES string of the molecule is Cc1cccc(/C=C2\Sc3ccc(C(=O)N4CCN(c5cc(Cl)ccc5C)CC4)cc3N(C)C2=O)c1. The van der Waals surface area contributed by atoms with E-state index in [1.807, 2.05) is 72.5 Å². The number of hydrogen-bond donors (Lipinski definition) is 0. The molecular weight excluding hydrogens is 490 g/mol. The molecule has 7 heteroatoms. The lowest BCUT2D eigenvalue weighted by atomic mass is 10.1. The van der Waals surface area contributed by atoms with Crippen molar-refractivity contribution in [1.82, 2.24) is 4.90 Å². The zero-order chi connectivity index (χ0) is 25.4. The summed E-state index contributed by atoms with van der Waals surface area (Å²) in [5, 5.41) is 0.719. The minimum Gasteiger partial charge on any atom is -0.368 e. The second-order valence-corrected chi connectivity index (χ2v) is 10.8. The highest BCUT2D eigenvalue weighted by Gasteiger charge is 2.29. The molecule has 0 saturated carbocycles. The Labute approximate surface area is 221 Å². The number of piperazine rings is 1. The van der Waals surface area contributed by atoms with Crippen LogP contribution in [0.1, 0.15) is 27.0 Å². The van der Waals surface area contributed by atoms with E-state index in [1.54, 1.807) is 11.9 Å². The summed E-state index contributed by atoms with van der Waals surface area (Å²) in [5.41, 5.74) is 5.82. The average molecular weight is 518 g/mol. The molecule has 36 heavy (non-hydrogen) atoms. The van der Waals surface area contributed by atoms with E-state index in [4.69, 9.17) is 11.6 Å². The number of fused-ring (bicyclic) bond motifs is 1. The molecule has 3 aromatic rings. The van der Waals surface area contributed by atoms with Gasteiger partial charge in [0.05, 0.1) is 10.6 Å². The zero-order valence-electron chi connectivity index (χ0n) is 20.6. The quantitative estimate of drug-likeness (QED) is 0.398. The van der Waals surface area contributed by atoms with Crippen molar-refractivity contribution in [2.24, 2.45) is 0 Å². The third kappa shape index (κ3) is 4.88. The number of halogens is 1. The van der Waals surface area contributed by atoms with E-state index in [0.29, 0.717) is 23.6 Å².